The predicted molar refractivity (Wildman–Crippen MR) is 79.5 cm³/mol. The fourth-order valence-corrected chi connectivity index (χ4v) is 2.68. The van der Waals surface area contributed by atoms with Crippen molar-refractivity contribution in [1.82, 2.24) is 9.55 Å². The molecule has 0 amide bonds. The molecule has 0 radical (unpaired) electrons. The van der Waals surface area contributed by atoms with Crippen LogP contribution in [-0.4, -0.2) is 29.9 Å². The van der Waals surface area contributed by atoms with Crippen molar-refractivity contribution < 1.29 is 9.47 Å². The maximum absolute atomic E-state index is 5.64. The molecule has 0 bridgehead atoms. The number of benzene rings is 1. The summed E-state index contributed by atoms with van der Waals surface area (Å²) >= 11 is 5.45. The lowest BCUT2D eigenvalue weighted by atomic mass is 10.2. The van der Waals surface area contributed by atoms with E-state index in [-0.39, 0.29) is 6.04 Å². The Morgan fingerprint density at radius 1 is 1.37 bits per heavy atom. The Morgan fingerprint density at radius 2 is 2.16 bits per heavy atom. The van der Waals surface area contributed by atoms with Crippen molar-refractivity contribution in [3.8, 4) is 5.75 Å². The topological polar surface area (TPSA) is 39.2 Å². The van der Waals surface area contributed by atoms with E-state index < -0.39 is 0 Å². The first-order valence-corrected chi connectivity index (χ1v) is 6.98. The number of nitrogens with one attached hydrogen (secondary N) is 1. The van der Waals surface area contributed by atoms with E-state index in [0.717, 1.165) is 23.2 Å². The standard InChI is InChI=1S/C14H20N2O2S/c1-4-10(9-17-3)16-11-7-6-8-12(18-5-2)13(11)15-14(16)19/h6-8,10H,4-5,9H2,1-3H3,(H,15,19). The van der Waals surface area contributed by atoms with Gasteiger partial charge in [-0.25, -0.2) is 0 Å². The molecule has 1 atom stereocenters. The minimum atomic E-state index is 0.239. The highest BCUT2D eigenvalue weighted by Gasteiger charge is 2.15. The second kappa shape index (κ2) is 6.21. The van der Waals surface area contributed by atoms with Gasteiger partial charge in [0.05, 0.1) is 24.8 Å². The molecule has 0 spiro atoms. The summed E-state index contributed by atoms with van der Waals surface area (Å²) in [5.74, 6) is 0.845. The van der Waals surface area contributed by atoms with Gasteiger partial charge in [-0.3, -0.25) is 0 Å². The van der Waals surface area contributed by atoms with Gasteiger partial charge in [0.2, 0.25) is 0 Å². The zero-order chi connectivity index (χ0) is 13.8. The monoisotopic (exact) mass is 280 g/mol. The Hall–Kier alpha value is -1.33. The summed E-state index contributed by atoms with van der Waals surface area (Å²) < 4.78 is 13.8. The number of H-pyrrole nitrogens is 1. The lowest BCUT2D eigenvalue weighted by molar-refractivity contribution is 0.154. The van der Waals surface area contributed by atoms with Crippen LogP contribution in [0.25, 0.3) is 11.0 Å². The molecule has 104 valence electrons. The Kier molecular flexibility index (Phi) is 4.61. The highest BCUT2D eigenvalue weighted by molar-refractivity contribution is 7.71. The van der Waals surface area contributed by atoms with Crippen LogP contribution >= 0.6 is 12.2 Å². The molecular formula is C14H20N2O2S. The third kappa shape index (κ3) is 2.67. The van der Waals surface area contributed by atoms with Crippen LogP contribution < -0.4 is 4.74 Å². The van der Waals surface area contributed by atoms with Gasteiger partial charge in [-0.1, -0.05) is 13.0 Å². The molecule has 5 heteroatoms. The number of methoxy groups -OCH3 is 1. The van der Waals surface area contributed by atoms with Crippen LogP contribution in [0.4, 0.5) is 0 Å². The van der Waals surface area contributed by atoms with Crippen LogP contribution in [0.5, 0.6) is 5.75 Å². The first kappa shape index (κ1) is 14.1. The summed E-state index contributed by atoms with van der Waals surface area (Å²) in [6.45, 7) is 5.40. The number of imidazole rings is 1. The number of ether oxygens (including phenoxy) is 2. The summed E-state index contributed by atoms with van der Waals surface area (Å²) in [6.07, 6.45) is 0.966. The van der Waals surface area contributed by atoms with Crippen LogP contribution in [0, 0.1) is 4.77 Å². The van der Waals surface area contributed by atoms with Gasteiger partial charge in [0.15, 0.2) is 4.77 Å². The average Bonchev–Trinajstić information content (AvgIpc) is 2.74. The number of hydrogen-bond donors (Lipinski definition) is 1. The van der Waals surface area contributed by atoms with Gasteiger partial charge in [0.1, 0.15) is 11.3 Å². The Labute approximate surface area is 118 Å². The zero-order valence-electron chi connectivity index (χ0n) is 11.6. The van der Waals surface area contributed by atoms with E-state index in [4.69, 9.17) is 21.7 Å². The molecule has 0 aliphatic heterocycles. The molecule has 0 fully saturated rings. The van der Waals surface area contributed by atoms with Crippen LogP contribution in [0.15, 0.2) is 18.2 Å². The lowest BCUT2D eigenvalue weighted by Gasteiger charge is -2.16. The van der Waals surface area contributed by atoms with Crippen molar-refractivity contribution in [2.75, 3.05) is 20.3 Å². The first-order chi connectivity index (χ1) is 9.22. The summed E-state index contributed by atoms with van der Waals surface area (Å²) in [7, 11) is 1.72. The quantitative estimate of drug-likeness (QED) is 0.820. The molecule has 2 aromatic rings. The minimum absolute atomic E-state index is 0.239. The van der Waals surface area contributed by atoms with E-state index in [1.807, 2.05) is 19.1 Å². The fourth-order valence-electron chi connectivity index (χ4n) is 2.33. The second-order valence-electron chi connectivity index (χ2n) is 4.40. The number of rotatable bonds is 6. The highest BCUT2D eigenvalue weighted by atomic mass is 32.1. The van der Waals surface area contributed by atoms with Crippen LogP contribution in [0.1, 0.15) is 26.3 Å². The van der Waals surface area contributed by atoms with Crippen LogP contribution in [0.3, 0.4) is 0 Å². The number of aromatic nitrogens is 2. The highest BCUT2D eigenvalue weighted by Crippen LogP contribution is 2.28. The molecule has 0 saturated carbocycles. The van der Waals surface area contributed by atoms with Crippen molar-refractivity contribution in [1.29, 1.82) is 0 Å². The molecule has 1 heterocycles. The molecule has 1 unspecified atom stereocenters. The SMILES string of the molecule is CCOc1cccc2c1[nH]c(=S)n2C(CC)COC. The number of hydrogen-bond acceptors (Lipinski definition) is 3. The normalized spacial score (nSPS) is 12.8. The van der Waals surface area contributed by atoms with Gasteiger partial charge in [0, 0.05) is 7.11 Å². The molecule has 4 nitrogen and oxygen atoms in total. The van der Waals surface area contributed by atoms with Gasteiger partial charge >= 0.3 is 0 Å². The molecule has 1 aromatic carbocycles. The van der Waals surface area contributed by atoms with E-state index in [1.165, 1.54) is 0 Å². The third-order valence-electron chi connectivity index (χ3n) is 3.21. The maximum atomic E-state index is 5.64. The van der Waals surface area contributed by atoms with Gasteiger partial charge in [-0.05, 0) is 37.7 Å². The van der Waals surface area contributed by atoms with E-state index in [2.05, 4.69) is 22.5 Å². The molecule has 19 heavy (non-hydrogen) atoms. The third-order valence-corrected chi connectivity index (χ3v) is 3.51. The van der Waals surface area contributed by atoms with Crippen molar-refractivity contribution in [3.63, 3.8) is 0 Å². The van der Waals surface area contributed by atoms with Crippen LogP contribution in [-0.2, 0) is 4.74 Å². The van der Waals surface area contributed by atoms with Crippen molar-refractivity contribution in [2.45, 2.75) is 26.3 Å². The predicted octanol–water partition coefficient (Wildman–Crippen LogP) is 3.70. The average molecular weight is 280 g/mol. The first-order valence-electron chi connectivity index (χ1n) is 6.57. The van der Waals surface area contributed by atoms with Gasteiger partial charge in [-0.2, -0.15) is 0 Å². The van der Waals surface area contributed by atoms with E-state index in [9.17, 15) is 0 Å². The van der Waals surface area contributed by atoms with Crippen LogP contribution in [0.2, 0.25) is 0 Å². The van der Waals surface area contributed by atoms with E-state index in [1.54, 1.807) is 7.11 Å². The molecule has 0 saturated heterocycles. The van der Waals surface area contributed by atoms with Crippen molar-refractivity contribution >= 4 is 23.3 Å². The van der Waals surface area contributed by atoms with Crippen molar-refractivity contribution in [2.24, 2.45) is 0 Å². The van der Waals surface area contributed by atoms with E-state index in [0.29, 0.717) is 18.0 Å². The smallest absolute Gasteiger partial charge is 0.178 e. The molecule has 1 aromatic heterocycles. The fraction of sp³-hybridized carbons (Fsp3) is 0.500. The Bertz CT molecular complexity index is 603. The van der Waals surface area contributed by atoms with Gasteiger partial charge < -0.3 is 19.0 Å². The Morgan fingerprint density at radius 3 is 2.79 bits per heavy atom. The largest absolute Gasteiger partial charge is 0.492 e. The summed E-state index contributed by atoms with van der Waals surface area (Å²) in [5.41, 5.74) is 2.03. The van der Waals surface area contributed by atoms with Crippen molar-refractivity contribution in [3.05, 3.63) is 23.0 Å². The molecule has 0 aliphatic rings. The molecular weight excluding hydrogens is 260 g/mol. The molecule has 1 N–H and O–H groups in total. The van der Waals surface area contributed by atoms with Gasteiger partial charge in [-0.15, -0.1) is 0 Å². The summed E-state index contributed by atoms with van der Waals surface area (Å²) in [4.78, 5) is 3.25. The summed E-state index contributed by atoms with van der Waals surface area (Å²) in [5, 5.41) is 0. The Balaban J connectivity index is 2.58. The number of fused-ring (bicyclic) bond motifs is 1. The minimum Gasteiger partial charge on any atom is -0.492 e. The second-order valence-corrected chi connectivity index (χ2v) is 4.79. The number of nitrogens with zero attached hydrogens (tertiary/aromatic N) is 1. The van der Waals surface area contributed by atoms with E-state index >= 15 is 0 Å². The zero-order valence-corrected chi connectivity index (χ0v) is 12.4. The molecule has 0 aliphatic carbocycles. The summed E-state index contributed by atoms with van der Waals surface area (Å²) in [6, 6.07) is 6.25. The molecule has 2 rings (SSSR count). The lowest BCUT2D eigenvalue weighted by Crippen LogP contribution is -2.13. The number of aromatic amines is 1. The van der Waals surface area contributed by atoms with Gasteiger partial charge in [0.25, 0.3) is 0 Å². The maximum Gasteiger partial charge on any atom is 0.178 e. The number of para-hydroxylation sites is 1.